The zero-order valence-electron chi connectivity index (χ0n) is 5.37. The van der Waals surface area contributed by atoms with E-state index in [0.717, 1.165) is 0 Å². The van der Waals surface area contributed by atoms with Crippen molar-refractivity contribution in [3.63, 3.8) is 0 Å². The molecule has 1 aromatic carbocycles. The Labute approximate surface area is 86.0 Å². The van der Waals surface area contributed by atoms with E-state index in [1.165, 1.54) is 0 Å². The Bertz CT molecular complexity index is 275. The van der Waals surface area contributed by atoms with Gasteiger partial charge in [0.1, 0.15) is 5.82 Å². The smallest absolute Gasteiger partial charge is 0.142 e. The van der Waals surface area contributed by atoms with Gasteiger partial charge in [-0.25, -0.2) is 4.39 Å². The standard InChI is InChI=1S/C7H4Br2ClF/c8-3-4-1-2-5(10)6(9)7(4)11/h1-2H,3H2. The molecule has 0 saturated carbocycles. The maximum absolute atomic E-state index is 13.1. The van der Waals surface area contributed by atoms with Gasteiger partial charge in [-0.1, -0.05) is 33.6 Å². The van der Waals surface area contributed by atoms with Gasteiger partial charge in [-0.3, -0.25) is 0 Å². The molecule has 0 fully saturated rings. The van der Waals surface area contributed by atoms with Crippen molar-refractivity contribution >= 4 is 43.5 Å². The normalized spacial score (nSPS) is 10.2. The number of alkyl halides is 1. The first-order valence-electron chi connectivity index (χ1n) is 2.85. The fourth-order valence-electron chi connectivity index (χ4n) is 0.669. The van der Waals surface area contributed by atoms with Gasteiger partial charge in [0.05, 0.1) is 9.50 Å². The summed E-state index contributed by atoms with van der Waals surface area (Å²) in [4.78, 5) is 0. The Hall–Kier alpha value is 0.400. The summed E-state index contributed by atoms with van der Waals surface area (Å²) in [6, 6.07) is 3.31. The highest BCUT2D eigenvalue weighted by atomic mass is 79.9. The summed E-state index contributed by atoms with van der Waals surface area (Å²) in [6.45, 7) is 0. The van der Waals surface area contributed by atoms with Crippen molar-refractivity contribution in [1.29, 1.82) is 0 Å². The van der Waals surface area contributed by atoms with Gasteiger partial charge in [-0.15, -0.1) is 0 Å². The number of halogens is 4. The lowest BCUT2D eigenvalue weighted by Crippen LogP contribution is -1.87. The van der Waals surface area contributed by atoms with Crippen LogP contribution in [0.3, 0.4) is 0 Å². The molecule has 0 aliphatic rings. The molecular formula is C7H4Br2ClF. The average Bonchev–Trinajstić information content (AvgIpc) is 2.01. The fraction of sp³-hybridized carbons (Fsp3) is 0.143. The molecule has 0 heterocycles. The predicted molar refractivity (Wildman–Crippen MR) is 51.7 cm³/mol. The molecule has 0 aliphatic carbocycles. The molecule has 0 amide bonds. The minimum atomic E-state index is -0.297. The third-order valence-electron chi connectivity index (χ3n) is 1.26. The third-order valence-corrected chi connectivity index (χ3v) is 3.18. The predicted octanol–water partition coefficient (Wildman–Crippen LogP) is 4.14. The Kier molecular flexibility index (Phi) is 3.34. The Morgan fingerprint density at radius 1 is 1.45 bits per heavy atom. The van der Waals surface area contributed by atoms with Crippen LogP contribution in [-0.4, -0.2) is 0 Å². The second-order valence-corrected chi connectivity index (χ2v) is 3.73. The van der Waals surface area contributed by atoms with Crippen LogP contribution in [0.25, 0.3) is 0 Å². The van der Waals surface area contributed by atoms with E-state index in [1.807, 2.05) is 0 Å². The van der Waals surface area contributed by atoms with Crippen LogP contribution in [0.2, 0.25) is 5.02 Å². The van der Waals surface area contributed by atoms with E-state index in [1.54, 1.807) is 12.1 Å². The van der Waals surface area contributed by atoms with Gasteiger partial charge in [0.2, 0.25) is 0 Å². The van der Waals surface area contributed by atoms with Crippen LogP contribution in [0, 0.1) is 5.82 Å². The van der Waals surface area contributed by atoms with Crippen LogP contribution in [0.4, 0.5) is 4.39 Å². The van der Waals surface area contributed by atoms with Gasteiger partial charge in [-0.05, 0) is 27.6 Å². The molecule has 60 valence electrons. The molecule has 0 aliphatic heterocycles. The highest BCUT2D eigenvalue weighted by Crippen LogP contribution is 2.28. The van der Waals surface area contributed by atoms with Gasteiger partial charge in [-0.2, -0.15) is 0 Å². The summed E-state index contributed by atoms with van der Waals surface area (Å²) in [5, 5.41) is 0.890. The molecule has 0 spiro atoms. The Morgan fingerprint density at radius 2 is 2.09 bits per heavy atom. The Morgan fingerprint density at radius 3 is 2.64 bits per heavy atom. The van der Waals surface area contributed by atoms with Gasteiger partial charge < -0.3 is 0 Å². The second-order valence-electron chi connectivity index (χ2n) is 1.97. The molecule has 11 heavy (non-hydrogen) atoms. The maximum atomic E-state index is 13.1. The SMILES string of the molecule is Fc1c(CBr)ccc(Cl)c1Br. The molecule has 0 aromatic heterocycles. The number of hydrogen-bond donors (Lipinski definition) is 0. The van der Waals surface area contributed by atoms with Gasteiger partial charge >= 0.3 is 0 Å². The first-order chi connectivity index (χ1) is 5.16. The van der Waals surface area contributed by atoms with Gasteiger partial charge in [0, 0.05) is 5.33 Å². The number of hydrogen-bond acceptors (Lipinski definition) is 0. The first-order valence-corrected chi connectivity index (χ1v) is 5.14. The van der Waals surface area contributed by atoms with Crippen LogP contribution in [0.5, 0.6) is 0 Å². The molecule has 0 radical (unpaired) electrons. The minimum Gasteiger partial charge on any atom is -0.205 e. The minimum absolute atomic E-state index is 0.297. The highest BCUT2D eigenvalue weighted by molar-refractivity contribution is 9.10. The summed E-state index contributed by atoms with van der Waals surface area (Å²) >= 11 is 11.8. The molecule has 0 N–H and O–H groups in total. The Balaban J connectivity index is 3.25. The summed E-state index contributed by atoms with van der Waals surface area (Å²) in [7, 11) is 0. The van der Waals surface area contributed by atoms with Crippen molar-refractivity contribution in [3.8, 4) is 0 Å². The van der Waals surface area contributed by atoms with E-state index >= 15 is 0 Å². The molecule has 4 heteroatoms. The van der Waals surface area contributed by atoms with Crippen LogP contribution in [0.15, 0.2) is 16.6 Å². The molecule has 1 aromatic rings. The van der Waals surface area contributed by atoms with E-state index in [2.05, 4.69) is 31.9 Å². The van der Waals surface area contributed by atoms with E-state index in [4.69, 9.17) is 11.6 Å². The fourth-order valence-corrected chi connectivity index (χ4v) is 1.63. The van der Waals surface area contributed by atoms with Crippen molar-refractivity contribution in [2.24, 2.45) is 0 Å². The number of benzene rings is 1. The van der Waals surface area contributed by atoms with Gasteiger partial charge in [0.25, 0.3) is 0 Å². The largest absolute Gasteiger partial charge is 0.205 e. The molecule has 0 bridgehead atoms. The van der Waals surface area contributed by atoms with Gasteiger partial charge in [0.15, 0.2) is 0 Å². The lowest BCUT2D eigenvalue weighted by molar-refractivity contribution is 0.611. The molecule has 0 saturated heterocycles. The number of rotatable bonds is 1. The quantitative estimate of drug-likeness (QED) is 0.540. The lowest BCUT2D eigenvalue weighted by Gasteiger charge is -2.01. The van der Waals surface area contributed by atoms with Crippen molar-refractivity contribution < 1.29 is 4.39 Å². The van der Waals surface area contributed by atoms with E-state index in [9.17, 15) is 4.39 Å². The zero-order valence-corrected chi connectivity index (χ0v) is 9.30. The summed E-state index contributed by atoms with van der Waals surface area (Å²) in [5.41, 5.74) is 0.598. The first kappa shape index (κ1) is 9.49. The molecule has 0 nitrogen and oxygen atoms in total. The average molecular weight is 302 g/mol. The maximum Gasteiger partial charge on any atom is 0.142 e. The molecule has 0 unspecified atom stereocenters. The monoisotopic (exact) mass is 300 g/mol. The van der Waals surface area contributed by atoms with E-state index in [-0.39, 0.29) is 5.82 Å². The summed E-state index contributed by atoms with van der Waals surface area (Å²) in [5.74, 6) is -0.297. The van der Waals surface area contributed by atoms with Crippen LogP contribution in [0.1, 0.15) is 5.56 Å². The summed E-state index contributed by atoms with van der Waals surface area (Å²) in [6.07, 6.45) is 0. The van der Waals surface area contributed by atoms with Crippen LogP contribution >= 0.6 is 43.5 Å². The second kappa shape index (κ2) is 3.87. The van der Waals surface area contributed by atoms with Crippen molar-refractivity contribution in [2.75, 3.05) is 0 Å². The topological polar surface area (TPSA) is 0 Å². The van der Waals surface area contributed by atoms with E-state index in [0.29, 0.717) is 20.4 Å². The van der Waals surface area contributed by atoms with Crippen LogP contribution < -0.4 is 0 Å². The molecular weight excluding hydrogens is 298 g/mol. The highest BCUT2D eigenvalue weighted by Gasteiger charge is 2.07. The van der Waals surface area contributed by atoms with Crippen molar-refractivity contribution in [3.05, 3.63) is 33.0 Å². The molecule has 1 rings (SSSR count). The zero-order chi connectivity index (χ0) is 8.43. The van der Waals surface area contributed by atoms with Crippen molar-refractivity contribution in [1.82, 2.24) is 0 Å². The lowest BCUT2D eigenvalue weighted by atomic mass is 10.2. The summed E-state index contributed by atoms with van der Waals surface area (Å²) < 4.78 is 13.4. The molecule has 0 atom stereocenters. The van der Waals surface area contributed by atoms with Crippen molar-refractivity contribution in [2.45, 2.75) is 5.33 Å². The van der Waals surface area contributed by atoms with E-state index < -0.39 is 0 Å². The third kappa shape index (κ3) is 1.95. The van der Waals surface area contributed by atoms with Crippen LogP contribution in [-0.2, 0) is 5.33 Å².